The number of nitrogens with one attached hydrogen (secondary N) is 2. The molecule has 1 aromatic heterocycles. The number of aromatic amines is 1. The van der Waals surface area contributed by atoms with E-state index in [-0.39, 0.29) is 5.41 Å². The normalized spacial score (nSPS) is 28.7. The highest BCUT2D eigenvalue weighted by atomic mass is 16.5. The highest BCUT2D eigenvalue weighted by Crippen LogP contribution is 2.45. The van der Waals surface area contributed by atoms with Crippen molar-refractivity contribution in [2.45, 2.75) is 52.3 Å². The Hall–Kier alpha value is -1.39. The van der Waals surface area contributed by atoms with Crippen molar-refractivity contribution < 1.29 is 4.74 Å². The van der Waals surface area contributed by atoms with Crippen molar-refractivity contribution in [1.82, 2.24) is 15.3 Å². The molecule has 3 rings (SSSR count). The Morgan fingerprint density at radius 3 is 2.90 bits per heavy atom. The molecular weight excluding hydrogens is 262 g/mol. The molecule has 0 bridgehead atoms. The van der Waals surface area contributed by atoms with Crippen molar-refractivity contribution in [3.05, 3.63) is 30.1 Å². The van der Waals surface area contributed by atoms with Crippen LogP contribution in [0.5, 0.6) is 0 Å². The second kappa shape index (κ2) is 5.78. The molecule has 2 N–H and O–H groups in total. The third kappa shape index (κ3) is 2.58. The minimum atomic E-state index is 0.238. The summed E-state index contributed by atoms with van der Waals surface area (Å²) in [6.45, 7) is 8.24. The second-order valence-corrected chi connectivity index (χ2v) is 6.17. The zero-order valence-corrected chi connectivity index (χ0v) is 13.1. The Balaban J connectivity index is 1.62. The molecule has 0 saturated heterocycles. The number of fused-ring (bicyclic) bond motifs is 1. The number of ether oxygens (including phenoxy) is 1. The Morgan fingerprint density at radius 2 is 2.19 bits per heavy atom. The van der Waals surface area contributed by atoms with E-state index in [9.17, 15) is 0 Å². The Labute approximate surface area is 126 Å². The summed E-state index contributed by atoms with van der Waals surface area (Å²) in [7, 11) is 0. The Bertz CT molecular complexity index is 576. The monoisotopic (exact) mass is 287 g/mol. The minimum Gasteiger partial charge on any atom is -0.378 e. The lowest BCUT2D eigenvalue weighted by atomic mass is 9.61. The SMILES string of the molecule is CCOC1CC(NCc2nc3ccccc3[nH]2)C1(C)CC. The lowest BCUT2D eigenvalue weighted by Crippen LogP contribution is -2.62. The molecule has 1 aromatic carbocycles. The van der Waals surface area contributed by atoms with E-state index in [1.165, 1.54) is 0 Å². The van der Waals surface area contributed by atoms with Gasteiger partial charge in [0, 0.05) is 18.1 Å². The number of hydrogen-bond acceptors (Lipinski definition) is 3. The fourth-order valence-corrected chi connectivity index (χ4v) is 3.38. The first-order valence-corrected chi connectivity index (χ1v) is 7.96. The minimum absolute atomic E-state index is 0.238. The summed E-state index contributed by atoms with van der Waals surface area (Å²) in [5, 5.41) is 3.65. The van der Waals surface area contributed by atoms with E-state index in [1.54, 1.807) is 0 Å². The van der Waals surface area contributed by atoms with Crippen molar-refractivity contribution in [3.8, 4) is 0 Å². The molecule has 4 heteroatoms. The highest BCUT2D eigenvalue weighted by molar-refractivity contribution is 5.74. The molecule has 3 atom stereocenters. The number of para-hydroxylation sites is 2. The van der Waals surface area contributed by atoms with Gasteiger partial charge in [0.1, 0.15) is 5.82 Å². The Morgan fingerprint density at radius 1 is 1.38 bits per heavy atom. The molecule has 0 radical (unpaired) electrons. The molecule has 0 aliphatic heterocycles. The zero-order valence-electron chi connectivity index (χ0n) is 13.1. The standard InChI is InChI=1S/C17H25N3O/c1-4-17(3)14(10-15(17)21-5-2)18-11-16-19-12-8-6-7-9-13(12)20-16/h6-9,14-15,18H,4-5,10-11H2,1-3H3,(H,19,20). The summed E-state index contributed by atoms with van der Waals surface area (Å²) in [5.41, 5.74) is 2.38. The van der Waals surface area contributed by atoms with Gasteiger partial charge in [-0.2, -0.15) is 0 Å². The molecule has 4 nitrogen and oxygen atoms in total. The van der Waals surface area contributed by atoms with Crippen LogP contribution in [-0.2, 0) is 11.3 Å². The average molecular weight is 287 g/mol. The van der Waals surface area contributed by atoms with Crippen LogP contribution in [0.4, 0.5) is 0 Å². The van der Waals surface area contributed by atoms with Crippen LogP contribution in [0.3, 0.4) is 0 Å². The predicted octanol–water partition coefficient (Wildman–Crippen LogP) is 3.25. The fraction of sp³-hybridized carbons (Fsp3) is 0.588. The number of rotatable bonds is 6. The molecule has 21 heavy (non-hydrogen) atoms. The van der Waals surface area contributed by atoms with Gasteiger partial charge in [-0.15, -0.1) is 0 Å². The second-order valence-electron chi connectivity index (χ2n) is 6.17. The largest absolute Gasteiger partial charge is 0.378 e. The first kappa shape index (κ1) is 14.5. The molecule has 0 amide bonds. The number of benzene rings is 1. The summed E-state index contributed by atoms with van der Waals surface area (Å²) < 4.78 is 5.85. The molecule has 2 aromatic rings. The van der Waals surface area contributed by atoms with Crippen molar-refractivity contribution in [2.75, 3.05) is 6.61 Å². The maximum absolute atomic E-state index is 5.85. The van der Waals surface area contributed by atoms with Crippen molar-refractivity contribution in [1.29, 1.82) is 0 Å². The number of nitrogens with zero attached hydrogens (tertiary/aromatic N) is 1. The molecule has 1 fully saturated rings. The van der Waals surface area contributed by atoms with Crippen LogP contribution in [-0.4, -0.2) is 28.7 Å². The average Bonchev–Trinajstić information content (AvgIpc) is 2.91. The van der Waals surface area contributed by atoms with Gasteiger partial charge in [-0.1, -0.05) is 26.0 Å². The maximum Gasteiger partial charge on any atom is 0.121 e. The number of H-pyrrole nitrogens is 1. The lowest BCUT2D eigenvalue weighted by Gasteiger charge is -2.53. The maximum atomic E-state index is 5.85. The molecule has 3 unspecified atom stereocenters. The van der Waals surface area contributed by atoms with Gasteiger partial charge in [0.25, 0.3) is 0 Å². The van der Waals surface area contributed by atoms with Crippen LogP contribution < -0.4 is 5.32 Å². The van der Waals surface area contributed by atoms with E-state index in [0.29, 0.717) is 12.1 Å². The molecule has 1 aliphatic carbocycles. The van der Waals surface area contributed by atoms with E-state index >= 15 is 0 Å². The highest BCUT2D eigenvalue weighted by Gasteiger charge is 2.50. The van der Waals surface area contributed by atoms with Gasteiger partial charge in [0.05, 0.1) is 23.7 Å². The van der Waals surface area contributed by atoms with Crippen molar-refractivity contribution in [2.24, 2.45) is 5.41 Å². The number of hydrogen-bond donors (Lipinski definition) is 2. The van der Waals surface area contributed by atoms with Crippen LogP contribution in [0.15, 0.2) is 24.3 Å². The molecule has 114 valence electrons. The van der Waals surface area contributed by atoms with E-state index in [2.05, 4.69) is 42.1 Å². The fourth-order valence-electron chi connectivity index (χ4n) is 3.38. The molecule has 0 spiro atoms. The summed E-state index contributed by atoms with van der Waals surface area (Å²) in [6.07, 6.45) is 2.62. The molecule has 1 heterocycles. The van der Waals surface area contributed by atoms with Gasteiger partial charge in [-0.3, -0.25) is 0 Å². The third-order valence-corrected chi connectivity index (χ3v) is 5.07. The van der Waals surface area contributed by atoms with Gasteiger partial charge in [-0.25, -0.2) is 4.98 Å². The van der Waals surface area contributed by atoms with Gasteiger partial charge in [-0.05, 0) is 31.9 Å². The van der Waals surface area contributed by atoms with Gasteiger partial charge in [0.15, 0.2) is 0 Å². The quantitative estimate of drug-likeness (QED) is 0.857. The van der Waals surface area contributed by atoms with E-state index in [0.717, 1.165) is 42.9 Å². The summed E-state index contributed by atoms with van der Waals surface area (Å²) in [5.74, 6) is 1.01. The van der Waals surface area contributed by atoms with Gasteiger partial charge >= 0.3 is 0 Å². The Kier molecular flexibility index (Phi) is 4.00. The summed E-state index contributed by atoms with van der Waals surface area (Å²) in [6, 6.07) is 8.67. The van der Waals surface area contributed by atoms with Crippen LogP contribution in [0.2, 0.25) is 0 Å². The smallest absolute Gasteiger partial charge is 0.121 e. The van der Waals surface area contributed by atoms with Gasteiger partial charge < -0.3 is 15.0 Å². The van der Waals surface area contributed by atoms with Crippen LogP contribution in [0, 0.1) is 5.41 Å². The first-order chi connectivity index (χ1) is 10.2. The lowest BCUT2D eigenvalue weighted by molar-refractivity contribution is -0.126. The van der Waals surface area contributed by atoms with E-state index in [1.807, 2.05) is 18.2 Å². The molecule has 1 saturated carbocycles. The van der Waals surface area contributed by atoms with Crippen LogP contribution in [0.25, 0.3) is 11.0 Å². The number of imidazole rings is 1. The van der Waals surface area contributed by atoms with E-state index in [4.69, 9.17) is 4.74 Å². The molecular formula is C17H25N3O. The topological polar surface area (TPSA) is 49.9 Å². The van der Waals surface area contributed by atoms with Crippen molar-refractivity contribution in [3.63, 3.8) is 0 Å². The van der Waals surface area contributed by atoms with E-state index < -0.39 is 0 Å². The van der Waals surface area contributed by atoms with Gasteiger partial charge in [0.2, 0.25) is 0 Å². The zero-order chi connectivity index (χ0) is 14.9. The molecule has 1 aliphatic rings. The predicted molar refractivity (Wildman–Crippen MR) is 85.2 cm³/mol. The van der Waals surface area contributed by atoms with Crippen LogP contribution >= 0.6 is 0 Å². The first-order valence-electron chi connectivity index (χ1n) is 7.96. The summed E-state index contributed by atoms with van der Waals surface area (Å²) in [4.78, 5) is 8.00. The van der Waals surface area contributed by atoms with Crippen molar-refractivity contribution >= 4 is 11.0 Å². The summed E-state index contributed by atoms with van der Waals surface area (Å²) >= 11 is 0. The third-order valence-electron chi connectivity index (χ3n) is 5.07. The number of aromatic nitrogens is 2. The van der Waals surface area contributed by atoms with Crippen LogP contribution in [0.1, 0.15) is 39.4 Å².